The first-order valence-corrected chi connectivity index (χ1v) is 14.8. The number of rotatable bonds is 4. The number of amides is 1. The number of likely N-dealkylation sites (tertiary alicyclic amines) is 1. The van der Waals surface area contributed by atoms with Gasteiger partial charge in [-0.25, -0.2) is 0 Å². The summed E-state index contributed by atoms with van der Waals surface area (Å²) in [5, 5.41) is 24.1. The van der Waals surface area contributed by atoms with Crippen molar-refractivity contribution in [2.75, 3.05) is 13.1 Å². The molecule has 8 rings (SSSR count). The summed E-state index contributed by atoms with van der Waals surface area (Å²) in [6.07, 6.45) is 5.90. The van der Waals surface area contributed by atoms with Gasteiger partial charge < -0.3 is 20.5 Å². The molecule has 1 amide bonds. The lowest BCUT2D eigenvalue weighted by Gasteiger charge is -2.59. The molecule has 3 aromatic rings. The van der Waals surface area contributed by atoms with E-state index in [4.69, 9.17) is 0 Å². The van der Waals surface area contributed by atoms with E-state index in [0.29, 0.717) is 30.6 Å². The number of phenols is 1. The first-order valence-electron chi connectivity index (χ1n) is 14.8. The lowest BCUT2D eigenvalue weighted by Crippen LogP contribution is -2.63. The van der Waals surface area contributed by atoms with Gasteiger partial charge in [0.05, 0.1) is 12.1 Å². The SMILES string of the molecule is O=C(NC1c2ccccc2CC1O)c1cc2c([nH]c1=O)CC13CCN(CC4CC4)C(Cc4ccc(O)cc41)C3C2. The monoisotopic (exact) mass is 537 g/mol. The van der Waals surface area contributed by atoms with Crippen LogP contribution in [0, 0.1) is 11.8 Å². The second-order valence-electron chi connectivity index (χ2n) is 12.9. The van der Waals surface area contributed by atoms with E-state index in [2.05, 4.69) is 21.3 Å². The molecule has 2 bridgehead atoms. The molecule has 40 heavy (non-hydrogen) atoms. The highest BCUT2D eigenvalue weighted by molar-refractivity contribution is 5.94. The zero-order chi connectivity index (χ0) is 27.2. The van der Waals surface area contributed by atoms with Gasteiger partial charge in [0, 0.05) is 30.1 Å². The highest BCUT2D eigenvalue weighted by Crippen LogP contribution is 2.55. The summed E-state index contributed by atoms with van der Waals surface area (Å²) in [6.45, 7) is 2.19. The van der Waals surface area contributed by atoms with Gasteiger partial charge in [-0.1, -0.05) is 30.3 Å². The Bertz CT molecular complexity index is 1590. The van der Waals surface area contributed by atoms with E-state index in [1.165, 1.54) is 24.0 Å². The number of fused-ring (bicyclic) bond motifs is 3. The Labute approximate surface area is 233 Å². The maximum absolute atomic E-state index is 13.4. The van der Waals surface area contributed by atoms with Gasteiger partial charge in [-0.05, 0) is 103 Å². The van der Waals surface area contributed by atoms with Gasteiger partial charge in [-0.15, -0.1) is 0 Å². The second kappa shape index (κ2) is 8.79. The fraction of sp³-hybridized carbons (Fsp3) is 0.455. The minimum absolute atomic E-state index is 0.111. The summed E-state index contributed by atoms with van der Waals surface area (Å²) in [6, 6.07) is 15.3. The summed E-state index contributed by atoms with van der Waals surface area (Å²) >= 11 is 0. The third kappa shape index (κ3) is 3.71. The summed E-state index contributed by atoms with van der Waals surface area (Å²) in [5.74, 6) is 1.02. The van der Waals surface area contributed by atoms with E-state index in [1.807, 2.05) is 36.4 Å². The van der Waals surface area contributed by atoms with Crippen LogP contribution < -0.4 is 10.9 Å². The van der Waals surface area contributed by atoms with E-state index >= 15 is 0 Å². The van der Waals surface area contributed by atoms with Crippen LogP contribution in [0.2, 0.25) is 0 Å². The third-order valence-corrected chi connectivity index (χ3v) is 10.6. The zero-order valence-electron chi connectivity index (χ0n) is 22.5. The molecule has 2 aromatic carbocycles. The molecule has 1 saturated heterocycles. The quantitative estimate of drug-likeness (QED) is 0.409. The number of carbonyl (C=O) groups excluding carboxylic acids is 1. The van der Waals surface area contributed by atoms with Gasteiger partial charge in [0.15, 0.2) is 0 Å². The number of aliphatic hydroxyl groups excluding tert-OH is 1. The van der Waals surface area contributed by atoms with Gasteiger partial charge >= 0.3 is 0 Å². The van der Waals surface area contributed by atoms with Crippen LogP contribution >= 0.6 is 0 Å². The normalized spacial score (nSPS) is 30.1. The number of H-pyrrole nitrogens is 1. The van der Waals surface area contributed by atoms with Crippen LogP contribution in [0.5, 0.6) is 5.75 Å². The zero-order valence-corrected chi connectivity index (χ0v) is 22.5. The van der Waals surface area contributed by atoms with Crippen LogP contribution in [0.1, 0.15) is 69.2 Å². The van der Waals surface area contributed by atoms with Gasteiger partial charge in [0.2, 0.25) is 0 Å². The number of carbonyl (C=O) groups is 1. The molecule has 2 heterocycles. The molecule has 4 aliphatic carbocycles. The van der Waals surface area contributed by atoms with Crippen molar-refractivity contribution in [1.82, 2.24) is 15.2 Å². The molecular weight excluding hydrogens is 502 g/mol. The van der Waals surface area contributed by atoms with Crippen molar-refractivity contribution in [2.24, 2.45) is 11.8 Å². The van der Waals surface area contributed by atoms with E-state index in [0.717, 1.165) is 60.7 Å². The number of phenolic OH excluding ortho intramolecular Hbond substituents is 1. The van der Waals surface area contributed by atoms with Crippen molar-refractivity contribution in [2.45, 2.75) is 68.5 Å². The van der Waals surface area contributed by atoms with Crippen molar-refractivity contribution >= 4 is 5.91 Å². The minimum Gasteiger partial charge on any atom is -0.508 e. The van der Waals surface area contributed by atoms with E-state index in [9.17, 15) is 19.8 Å². The predicted molar refractivity (Wildman–Crippen MR) is 151 cm³/mol. The Hall–Kier alpha value is -3.42. The summed E-state index contributed by atoms with van der Waals surface area (Å²) in [7, 11) is 0. The maximum Gasteiger partial charge on any atom is 0.261 e. The highest BCUT2D eigenvalue weighted by Gasteiger charge is 2.55. The Morgan fingerprint density at radius 1 is 1.05 bits per heavy atom. The van der Waals surface area contributed by atoms with Gasteiger partial charge in [0.1, 0.15) is 11.3 Å². The lowest BCUT2D eigenvalue weighted by molar-refractivity contribution is 0.00458. The molecule has 1 aromatic heterocycles. The molecule has 0 spiro atoms. The number of hydrogen-bond acceptors (Lipinski definition) is 5. The maximum atomic E-state index is 13.4. The molecule has 5 atom stereocenters. The van der Waals surface area contributed by atoms with Crippen molar-refractivity contribution in [3.63, 3.8) is 0 Å². The van der Waals surface area contributed by atoms with Crippen LogP contribution in [-0.2, 0) is 31.1 Å². The molecule has 4 N–H and O–H groups in total. The smallest absolute Gasteiger partial charge is 0.261 e. The molecule has 5 aliphatic rings. The molecule has 1 saturated carbocycles. The number of aromatic hydroxyl groups is 1. The van der Waals surface area contributed by atoms with Crippen molar-refractivity contribution < 1.29 is 15.0 Å². The Kier molecular flexibility index (Phi) is 5.36. The average molecular weight is 538 g/mol. The molecule has 206 valence electrons. The van der Waals surface area contributed by atoms with Crippen molar-refractivity contribution in [3.8, 4) is 5.75 Å². The van der Waals surface area contributed by atoms with Crippen LogP contribution in [0.3, 0.4) is 0 Å². The standard InChI is InChI=1S/C33H35N3O4/c37-22-8-7-20-13-28-26-12-21-11-24(32(40)35-30-23-4-2-1-3-19(23)14-29(30)38)31(39)34-27(21)16-33(26,25(20)15-22)9-10-36(28)17-18-5-6-18/h1-4,7-8,11,15,18,26,28-30,37-38H,5-6,9-10,12-14,16-17H2,(H,34,39)(H,35,40). The molecule has 2 fully saturated rings. The number of benzene rings is 2. The topological polar surface area (TPSA) is 106 Å². The molecule has 0 radical (unpaired) electrons. The largest absolute Gasteiger partial charge is 0.508 e. The molecule has 1 aliphatic heterocycles. The van der Waals surface area contributed by atoms with Crippen LogP contribution in [-0.4, -0.2) is 51.2 Å². The van der Waals surface area contributed by atoms with Gasteiger partial charge in [0.25, 0.3) is 11.5 Å². The Morgan fingerprint density at radius 2 is 1.90 bits per heavy atom. The number of nitrogens with one attached hydrogen (secondary N) is 2. The van der Waals surface area contributed by atoms with Gasteiger partial charge in [-0.3, -0.25) is 14.5 Å². The Balaban J connectivity index is 1.15. The fourth-order valence-electron chi connectivity index (χ4n) is 8.50. The Morgan fingerprint density at radius 3 is 2.75 bits per heavy atom. The van der Waals surface area contributed by atoms with E-state index in [-0.39, 0.29) is 16.5 Å². The number of aromatic amines is 1. The van der Waals surface area contributed by atoms with Crippen molar-refractivity contribution in [1.29, 1.82) is 0 Å². The third-order valence-electron chi connectivity index (χ3n) is 10.6. The lowest BCUT2D eigenvalue weighted by atomic mass is 9.52. The van der Waals surface area contributed by atoms with Gasteiger partial charge in [-0.2, -0.15) is 0 Å². The number of piperidine rings is 1. The highest BCUT2D eigenvalue weighted by atomic mass is 16.3. The molecule has 7 heteroatoms. The van der Waals surface area contributed by atoms with Crippen LogP contribution in [0.15, 0.2) is 53.3 Å². The summed E-state index contributed by atoms with van der Waals surface area (Å²) in [4.78, 5) is 32.6. The number of pyridine rings is 1. The number of aromatic nitrogens is 1. The number of hydrogen-bond donors (Lipinski definition) is 4. The molecule has 7 nitrogen and oxygen atoms in total. The number of nitrogens with zero attached hydrogens (tertiary/aromatic N) is 1. The summed E-state index contributed by atoms with van der Waals surface area (Å²) < 4.78 is 0. The molecule has 5 unspecified atom stereocenters. The van der Waals surface area contributed by atoms with Crippen LogP contribution in [0.25, 0.3) is 0 Å². The van der Waals surface area contributed by atoms with Crippen molar-refractivity contribution in [3.05, 3.63) is 98.0 Å². The number of aliphatic hydroxyl groups is 1. The summed E-state index contributed by atoms with van der Waals surface area (Å²) in [5.41, 5.74) is 6.03. The molecular formula is C33H35N3O4. The predicted octanol–water partition coefficient (Wildman–Crippen LogP) is 3.16. The first-order chi connectivity index (χ1) is 19.4. The first kappa shape index (κ1) is 24.4. The van der Waals surface area contributed by atoms with E-state index in [1.54, 1.807) is 6.07 Å². The van der Waals surface area contributed by atoms with Crippen LogP contribution in [0.4, 0.5) is 0 Å². The fourth-order valence-corrected chi connectivity index (χ4v) is 8.50. The minimum atomic E-state index is -0.714. The van der Waals surface area contributed by atoms with E-state index < -0.39 is 18.1 Å². The average Bonchev–Trinajstić information content (AvgIpc) is 3.71. The second-order valence-corrected chi connectivity index (χ2v) is 12.9.